The molecule has 7 heteroatoms. The highest BCUT2D eigenvalue weighted by Gasteiger charge is 2.33. The number of hydrogen-bond donors (Lipinski definition) is 0. The van der Waals surface area contributed by atoms with E-state index in [0.717, 1.165) is 37.9 Å². The molecule has 0 aliphatic carbocycles. The van der Waals surface area contributed by atoms with Crippen LogP contribution in [0.25, 0.3) is 10.4 Å². The first-order valence-corrected chi connectivity index (χ1v) is 8.90. The molecule has 1 aromatic rings. The van der Waals surface area contributed by atoms with Gasteiger partial charge in [0.2, 0.25) is 0 Å². The molecule has 1 aromatic carbocycles. The van der Waals surface area contributed by atoms with Gasteiger partial charge in [0.15, 0.2) is 0 Å². The number of alkyl halides is 1. The van der Waals surface area contributed by atoms with E-state index in [9.17, 15) is 8.78 Å². The molecule has 0 saturated carbocycles. The predicted molar refractivity (Wildman–Crippen MR) is 91.5 cm³/mol. The van der Waals surface area contributed by atoms with Gasteiger partial charge in [-0.05, 0) is 61.4 Å². The Balaban J connectivity index is 1.55. The maximum Gasteiger partial charge on any atom is 0.124 e. The lowest BCUT2D eigenvalue weighted by atomic mass is 9.90. The predicted octanol–water partition coefficient (Wildman–Crippen LogP) is 3.89. The highest BCUT2D eigenvalue weighted by Crippen LogP contribution is 2.25. The van der Waals surface area contributed by atoms with Crippen molar-refractivity contribution >= 4 is 0 Å². The van der Waals surface area contributed by atoms with Gasteiger partial charge < -0.3 is 9.64 Å². The molecule has 2 aliphatic heterocycles. The van der Waals surface area contributed by atoms with Crippen molar-refractivity contribution in [2.45, 2.75) is 44.0 Å². The Hall–Kier alpha value is -1.69. The van der Waals surface area contributed by atoms with Gasteiger partial charge in [-0.25, -0.2) is 8.78 Å². The summed E-state index contributed by atoms with van der Waals surface area (Å²) in [6.45, 7) is 2.65. The number of nitrogens with zero attached hydrogens (tertiary/aromatic N) is 4. The van der Waals surface area contributed by atoms with Crippen LogP contribution in [-0.2, 0) is 11.2 Å². The van der Waals surface area contributed by atoms with Crippen LogP contribution in [0.15, 0.2) is 29.4 Å². The molecule has 2 fully saturated rings. The van der Waals surface area contributed by atoms with Crippen molar-refractivity contribution < 1.29 is 13.5 Å². The minimum absolute atomic E-state index is 0.0783. The van der Waals surface area contributed by atoms with Crippen LogP contribution in [0.3, 0.4) is 0 Å². The second-order valence-corrected chi connectivity index (χ2v) is 7.08. The number of ether oxygens (including phenoxy) is 1. The number of hydrogen-bond acceptors (Lipinski definition) is 3. The fourth-order valence-corrected chi connectivity index (χ4v) is 3.88. The quantitative estimate of drug-likeness (QED) is 0.459. The molecule has 0 bridgehead atoms. The zero-order valence-corrected chi connectivity index (χ0v) is 14.2. The number of likely N-dealkylation sites (tertiary alicyclic amines) is 1. The van der Waals surface area contributed by atoms with Gasteiger partial charge in [-0.2, -0.15) is 0 Å². The standard InChI is InChI=1S/C18H24F2N4O/c19-15-5-3-13(4-6-15)8-14-2-1-7-24(10-14)11-18-17(22-23-21)9-16(20)12-25-18/h3-6,14,16-18H,1-2,7-12H2/t14-,16+,17+,18+/m0/s1. The molecule has 0 unspecified atom stereocenters. The average Bonchev–Trinajstić information content (AvgIpc) is 2.60. The van der Waals surface area contributed by atoms with E-state index in [-0.39, 0.29) is 24.9 Å². The van der Waals surface area contributed by atoms with E-state index < -0.39 is 12.2 Å². The molecule has 4 atom stereocenters. The van der Waals surface area contributed by atoms with Gasteiger partial charge in [-0.15, -0.1) is 0 Å². The Bertz CT molecular complexity index is 606. The molecule has 0 spiro atoms. The molecule has 2 saturated heterocycles. The zero-order chi connectivity index (χ0) is 17.6. The minimum atomic E-state index is -1.06. The van der Waals surface area contributed by atoms with Crippen LogP contribution >= 0.6 is 0 Å². The topological polar surface area (TPSA) is 61.2 Å². The molecule has 25 heavy (non-hydrogen) atoms. The summed E-state index contributed by atoms with van der Waals surface area (Å²) in [5.74, 6) is 0.299. The van der Waals surface area contributed by atoms with Crippen molar-refractivity contribution in [1.82, 2.24) is 4.90 Å². The molecule has 0 radical (unpaired) electrons. The van der Waals surface area contributed by atoms with Crippen LogP contribution in [0.2, 0.25) is 0 Å². The largest absolute Gasteiger partial charge is 0.373 e. The lowest BCUT2D eigenvalue weighted by molar-refractivity contribution is -0.0569. The van der Waals surface area contributed by atoms with Gasteiger partial charge in [0, 0.05) is 18.0 Å². The first-order chi connectivity index (χ1) is 12.1. The third kappa shape index (κ3) is 5.14. The molecule has 136 valence electrons. The van der Waals surface area contributed by atoms with Crippen molar-refractivity contribution in [3.05, 3.63) is 46.1 Å². The number of rotatable bonds is 5. The van der Waals surface area contributed by atoms with E-state index in [1.165, 1.54) is 12.1 Å². The Kier molecular flexibility index (Phi) is 6.24. The van der Waals surface area contributed by atoms with Crippen LogP contribution in [0, 0.1) is 11.7 Å². The fourth-order valence-electron chi connectivity index (χ4n) is 3.88. The molecule has 2 heterocycles. The first-order valence-electron chi connectivity index (χ1n) is 8.90. The van der Waals surface area contributed by atoms with Gasteiger partial charge >= 0.3 is 0 Å². The summed E-state index contributed by atoms with van der Waals surface area (Å²) < 4.78 is 32.1. The van der Waals surface area contributed by atoms with E-state index >= 15 is 0 Å². The summed E-state index contributed by atoms with van der Waals surface area (Å²) in [5, 5.41) is 3.73. The zero-order valence-electron chi connectivity index (χ0n) is 14.2. The Labute approximate surface area is 146 Å². The second-order valence-electron chi connectivity index (χ2n) is 7.08. The lowest BCUT2D eigenvalue weighted by Gasteiger charge is -2.38. The molecule has 0 aromatic heterocycles. The minimum Gasteiger partial charge on any atom is -0.373 e. The molecule has 3 rings (SSSR count). The summed E-state index contributed by atoms with van der Waals surface area (Å²) in [6, 6.07) is 6.26. The van der Waals surface area contributed by atoms with Gasteiger partial charge in [0.1, 0.15) is 12.0 Å². The summed E-state index contributed by atoms with van der Waals surface area (Å²) in [7, 11) is 0. The van der Waals surface area contributed by atoms with E-state index in [1.807, 2.05) is 12.1 Å². The third-order valence-corrected chi connectivity index (χ3v) is 5.10. The highest BCUT2D eigenvalue weighted by atomic mass is 19.1. The summed E-state index contributed by atoms with van der Waals surface area (Å²) in [5.41, 5.74) is 9.84. The van der Waals surface area contributed by atoms with Crippen molar-refractivity contribution in [2.24, 2.45) is 11.0 Å². The van der Waals surface area contributed by atoms with Gasteiger partial charge in [-0.1, -0.05) is 17.2 Å². The highest BCUT2D eigenvalue weighted by molar-refractivity contribution is 5.16. The van der Waals surface area contributed by atoms with Crippen molar-refractivity contribution in [1.29, 1.82) is 0 Å². The molecular weight excluding hydrogens is 326 g/mol. The third-order valence-electron chi connectivity index (χ3n) is 5.10. The van der Waals surface area contributed by atoms with E-state index in [0.29, 0.717) is 12.5 Å². The van der Waals surface area contributed by atoms with Crippen LogP contribution in [0.5, 0.6) is 0 Å². The molecule has 5 nitrogen and oxygen atoms in total. The SMILES string of the molecule is [N-]=[N+]=N[C@@H]1C[C@@H](F)CO[C@@H]1CN1CCC[C@@H](Cc2ccc(F)cc2)C1. The number of benzene rings is 1. The molecule has 2 aliphatic rings. The Morgan fingerprint density at radius 1 is 1.32 bits per heavy atom. The normalized spacial score (nSPS) is 30.6. The summed E-state index contributed by atoms with van der Waals surface area (Å²) in [6.07, 6.45) is 2.10. The molecular formula is C18H24F2N4O. The van der Waals surface area contributed by atoms with Crippen molar-refractivity contribution in [3.63, 3.8) is 0 Å². The maximum absolute atomic E-state index is 13.5. The monoisotopic (exact) mass is 350 g/mol. The summed E-state index contributed by atoms with van der Waals surface area (Å²) in [4.78, 5) is 5.16. The number of halogens is 2. The Morgan fingerprint density at radius 3 is 2.88 bits per heavy atom. The van der Waals surface area contributed by atoms with Crippen molar-refractivity contribution in [2.75, 3.05) is 26.2 Å². The van der Waals surface area contributed by atoms with Gasteiger partial charge in [0.05, 0.1) is 18.8 Å². The lowest BCUT2D eigenvalue weighted by Crippen LogP contribution is -2.48. The fraction of sp³-hybridized carbons (Fsp3) is 0.667. The average molecular weight is 350 g/mol. The van der Waals surface area contributed by atoms with E-state index in [1.54, 1.807) is 0 Å². The summed E-state index contributed by atoms with van der Waals surface area (Å²) >= 11 is 0. The smallest absolute Gasteiger partial charge is 0.124 e. The van der Waals surface area contributed by atoms with Crippen LogP contribution in [0.1, 0.15) is 24.8 Å². The number of piperidine rings is 1. The molecule has 0 N–H and O–H groups in total. The van der Waals surface area contributed by atoms with E-state index in [2.05, 4.69) is 14.9 Å². The second kappa shape index (κ2) is 8.61. The first kappa shape index (κ1) is 18.1. The van der Waals surface area contributed by atoms with Gasteiger partial charge in [0.25, 0.3) is 0 Å². The van der Waals surface area contributed by atoms with Crippen LogP contribution in [-0.4, -0.2) is 49.5 Å². The van der Waals surface area contributed by atoms with Crippen LogP contribution < -0.4 is 0 Å². The Morgan fingerprint density at radius 2 is 2.12 bits per heavy atom. The van der Waals surface area contributed by atoms with Gasteiger partial charge in [-0.3, -0.25) is 0 Å². The van der Waals surface area contributed by atoms with E-state index in [4.69, 9.17) is 10.3 Å². The molecule has 0 amide bonds. The number of azide groups is 1. The van der Waals surface area contributed by atoms with Crippen LogP contribution in [0.4, 0.5) is 8.78 Å². The maximum atomic E-state index is 13.5. The van der Waals surface area contributed by atoms with Crippen molar-refractivity contribution in [3.8, 4) is 0 Å².